The van der Waals surface area contributed by atoms with Gasteiger partial charge in [-0.1, -0.05) is 291 Å². The molecule has 9 nitrogen and oxygen atoms in total. The van der Waals surface area contributed by atoms with Crippen LogP contribution in [0.1, 0.15) is 297 Å². The zero-order valence-electron chi connectivity index (χ0n) is 55.4. The normalized spacial score (nSPS) is 14.2. The molecule has 0 aliphatic rings. The zero-order chi connectivity index (χ0) is 61.4. The first kappa shape index (κ1) is 80.7. The number of hydrogen-bond acceptors (Lipinski definition) is 6. The lowest BCUT2D eigenvalue weighted by molar-refractivity contribution is -0.870. The molecule has 3 unspecified atom stereocenters. The number of amides is 1. The Kier molecular flexibility index (Phi) is 60.2. The van der Waals surface area contributed by atoms with E-state index in [4.69, 9.17) is 13.8 Å². The fraction of sp³-hybridized carbons (Fsp3) is 0.730. The average Bonchev–Trinajstić information content (AvgIpc) is 3.64. The molecule has 0 saturated heterocycles. The van der Waals surface area contributed by atoms with E-state index in [0.717, 1.165) is 83.5 Å². The van der Waals surface area contributed by atoms with Gasteiger partial charge in [0.25, 0.3) is 0 Å². The topological polar surface area (TPSA) is 111 Å². The van der Waals surface area contributed by atoms with Gasteiger partial charge in [-0.05, 0) is 102 Å². The third-order valence-electron chi connectivity index (χ3n) is 15.0. The molecular formula is C74H132N2O7P+. The monoisotopic (exact) mass is 1190 g/mol. The largest absolute Gasteiger partial charge is 0.472 e. The van der Waals surface area contributed by atoms with E-state index in [1.165, 1.54) is 173 Å². The van der Waals surface area contributed by atoms with Gasteiger partial charge >= 0.3 is 13.8 Å². The van der Waals surface area contributed by atoms with Crippen molar-refractivity contribution in [2.75, 3.05) is 40.9 Å². The van der Waals surface area contributed by atoms with Gasteiger partial charge in [-0.3, -0.25) is 18.6 Å². The second kappa shape index (κ2) is 62.7. The number of hydrogen-bond donors (Lipinski definition) is 2. The van der Waals surface area contributed by atoms with Gasteiger partial charge in [-0.2, -0.15) is 0 Å². The smallest absolute Gasteiger partial charge is 0.456 e. The summed E-state index contributed by atoms with van der Waals surface area (Å²) in [6.07, 6.45) is 87.0. The fourth-order valence-corrected chi connectivity index (χ4v) is 10.4. The molecule has 10 heteroatoms. The van der Waals surface area contributed by atoms with E-state index >= 15 is 0 Å². The van der Waals surface area contributed by atoms with Gasteiger partial charge in [0.2, 0.25) is 5.91 Å². The van der Waals surface area contributed by atoms with Crippen LogP contribution in [0.3, 0.4) is 0 Å². The van der Waals surface area contributed by atoms with Crippen LogP contribution in [-0.2, 0) is 27.9 Å². The number of phosphoric acid groups is 1. The highest BCUT2D eigenvalue weighted by molar-refractivity contribution is 7.47. The number of likely N-dealkylation sites (N-methyl/N-ethyl adjacent to an activating group) is 1. The second-order valence-corrected chi connectivity index (χ2v) is 25.8. The lowest BCUT2D eigenvalue weighted by Crippen LogP contribution is -2.47. The summed E-state index contributed by atoms with van der Waals surface area (Å²) in [5.74, 6) is -0.601. The Bertz CT molecular complexity index is 1810. The Hall–Kier alpha value is -3.33. The molecular weight excluding hydrogens is 1060 g/mol. The van der Waals surface area contributed by atoms with Crippen molar-refractivity contribution in [1.82, 2.24) is 5.32 Å². The molecule has 0 aromatic rings. The summed E-state index contributed by atoms with van der Waals surface area (Å²) in [4.78, 5) is 37.8. The van der Waals surface area contributed by atoms with Crippen molar-refractivity contribution >= 4 is 19.7 Å². The molecule has 0 aliphatic heterocycles. The minimum atomic E-state index is -4.48. The molecule has 0 spiro atoms. The van der Waals surface area contributed by atoms with E-state index in [2.05, 4.69) is 117 Å². The maximum absolute atomic E-state index is 13.5. The summed E-state index contributed by atoms with van der Waals surface area (Å²) in [7, 11) is 1.44. The van der Waals surface area contributed by atoms with E-state index in [1.807, 2.05) is 39.4 Å². The lowest BCUT2D eigenvalue weighted by atomic mass is 10.0. The zero-order valence-corrected chi connectivity index (χ0v) is 56.3. The predicted molar refractivity (Wildman–Crippen MR) is 364 cm³/mol. The van der Waals surface area contributed by atoms with Crippen LogP contribution in [0.15, 0.2) is 109 Å². The van der Waals surface area contributed by atoms with Gasteiger partial charge in [0.1, 0.15) is 19.3 Å². The van der Waals surface area contributed by atoms with Gasteiger partial charge in [0.15, 0.2) is 0 Å². The number of phosphoric ester groups is 1. The Labute approximate surface area is 519 Å². The van der Waals surface area contributed by atoms with Crippen molar-refractivity contribution in [3.05, 3.63) is 109 Å². The van der Waals surface area contributed by atoms with E-state index in [0.29, 0.717) is 17.4 Å². The third-order valence-corrected chi connectivity index (χ3v) is 15.9. The summed E-state index contributed by atoms with van der Waals surface area (Å²) >= 11 is 0. The fourth-order valence-electron chi connectivity index (χ4n) is 9.64. The first-order chi connectivity index (χ1) is 40.9. The average molecular weight is 1190 g/mol. The number of carbonyl (C=O) groups is 2. The molecule has 0 aromatic heterocycles. The predicted octanol–water partition coefficient (Wildman–Crippen LogP) is 22.1. The Morgan fingerprint density at radius 1 is 0.429 bits per heavy atom. The lowest BCUT2D eigenvalue weighted by Gasteiger charge is -2.27. The van der Waals surface area contributed by atoms with Gasteiger partial charge in [-0.15, -0.1) is 0 Å². The van der Waals surface area contributed by atoms with Crippen LogP contribution in [0, 0.1) is 0 Å². The second-order valence-electron chi connectivity index (χ2n) is 24.3. The van der Waals surface area contributed by atoms with Crippen molar-refractivity contribution in [2.45, 2.75) is 309 Å². The quantitative estimate of drug-likeness (QED) is 0.0205. The van der Waals surface area contributed by atoms with E-state index in [-0.39, 0.29) is 37.9 Å². The molecule has 0 fully saturated rings. The van der Waals surface area contributed by atoms with Crippen LogP contribution in [0.25, 0.3) is 0 Å². The van der Waals surface area contributed by atoms with Gasteiger partial charge in [-0.25, -0.2) is 4.57 Å². The van der Waals surface area contributed by atoms with Crippen molar-refractivity contribution in [3.8, 4) is 0 Å². The van der Waals surface area contributed by atoms with E-state index in [9.17, 15) is 19.0 Å². The standard InChI is InChI=1S/C74H131N2O7P/c1-7-10-13-16-19-22-25-28-30-32-34-35-36-37-38-39-40-41-43-45-47-49-52-55-58-61-64-67-74(78)83-72(65-62-59-56-53-50-27-24-21-18-15-12-9-3)71(70-82-84(79,80)81-69-68-76(4,5)6)75-73(77)66-63-60-57-54-51-48-46-44-42-33-31-29-26-23-20-17-14-11-8-2/h11,14,19-20,22-23,28-31,42,44,48,51,57,60,62,65,71-72H,7-10,12-13,15-18,21,24-27,32-41,43,45-47,49-50,52-56,58-59,61,63-64,66-70H2,1-6H3,(H-,75,77,79,80)/p+1/b14-11-,22-19-,23-20-,30-28-,31-29-,44-42-,51-48-,60-57-,65-62-. The third kappa shape index (κ3) is 63.2. The summed E-state index contributed by atoms with van der Waals surface area (Å²) in [5.41, 5.74) is 0. The highest BCUT2D eigenvalue weighted by atomic mass is 31.2. The van der Waals surface area contributed by atoms with Crippen LogP contribution in [-0.4, -0.2) is 74.3 Å². The molecule has 0 radical (unpaired) electrons. The number of nitrogens with zero attached hydrogens (tertiary/aromatic N) is 1. The number of quaternary nitrogens is 1. The van der Waals surface area contributed by atoms with Gasteiger partial charge in [0.05, 0.1) is 33.8 Å². The molecule has 0 saturated carbocycles. The number of nitrogens with one attached hydrogen (secondary N) is 1. The molecule has 0 rings (SSSR count). The van der Waals surface area contributed by atoms with E-state index < -0.39 is 20.0 Å². The molecule has 84 heavy (non-hydrogen) atoms. The van der Waals surface area contributed by atoms with Crippen molar-refractivity contribution < 1.29 is 37.3 Å². The van der Waals surface area contributed by atoms with Crippen LogP contribution < -0.4 is 5.32 Å². The Morgan fingerprint density at radius 2 is 0.774 bits per heavy atom. The number of allylic oxidation sites excluding steroid dienone is 17. The van der Waals surface area contributed by atoms with Crippen LogP contribution in [0.2, 0.25) is 0 Å². The molecule has 2 N–H and O–H groups in total. The molecule has 0 aromatic carbocycles. The maximum Gasteiger partial charge on any atom is 0.472 e. The van der Waals surface area contributed by atoms with Gasteiger partial charge < -0.3 is 19.4 Å². The number of esters is 1. The molecule has 1 amide bonds. The summed E-state index contributed by atoms with van der Waals surface area (Å²) in [6, 6.07) is -0.895. The van der Waals surface area contributed by atoms with Crippen LogP contribution >= 0.6 is 7.82 Å². The number of ether oxygens (including phenoxy) is 1. The summed E-state index contributed by atoms with van der Waals surface area (Å²) in [6.45, 7) is 6.83. The number of rotatable bonds is 62. The van der Waals surface area contributed by atoms with Crippen LogP contribution in [0.5, 0.6) is 0 Å². The number of unbranched alkanes of at least 4 members (excludes halogenated alkanes) is 30. The van der Waals surface area contributed by atoms with Gasteiger partial charge in [0, 0.05) is 12.8 Å². The SMILES string of the molecule is CC/C=C\C/C=C\C/C=C\C/C=C\C/C=C\C/C=C\CCC(=O)NC(COP(=O)(O)OCC[N+](C)(C)C)C(/C=C\CCCCCCCCCCCC)OC(=O)CCCCCCCCCCCCCCCCCCC/C=C\C/C=C\CCCCC. The Balaban J connectivity index is 5.13. The molecule has 484 valence electrons. The first-order valence-electron chi connectivity index (χ1n) is 34.7. The minimum absolute atomic E-state index is 0.0228. The summed E-state index contributed by atoms with van der Waals surface area (Å²) < 4.78 is 30.7. The van der Waals surface area contributed by atoms with Crippen LogP contribution in [0.4, 0.5) is 0 Å². The molecule has 3 atom stereocenters. The molecule has 0 heterocycles. The van der Waals surface area contributed by atoms with E-state index in [1.54, 1.807) is 0 Å². The highest BCUT2D eigenvalue weighted by Gasteiger charge is 2.30. The summed E-state index contributed by atoms with van der Waals surface area (Å²) in [5, 5.41) is 3.01. The minimum Gasteiger partial charge on any atom is -0.456 e. The first-order valence-corrected chi connectivity index (χ1v) is 36.2. The molecule has 0 aliphatic carbocycles. The number of carbonyl (C=O) groups excluding carboxylic acids is 2. The maximum atomic E-state index is 13.5. The highest BCUT2D eigenvalue weighted by Crippen LogP contribution is 2.43. The molecule has 0 bridgehead atoms. The van der Waals surface area contributed by atoms with Crippen molar-refractivity contribution in [1.29, 1.82) is 0 Å². The van der Waals surface area contributed by atoms with Crippen molar-refractivity contribution in [3.63, 3.8) is 0 Å². The van der Waals surface area contributed by atoms with Crippen molar-refractivity contribution in [2.24, 2.45) is 0 Å². The Morgan fingerprint density at radius 3 is 1.19 bits per heavy atom.